The van der Waals surface area contributed by atoms with Crippen molar-refractivity contribution in [3.63, 3.8) is 0 Å². The summed E-state index contributed by atoms with van der Waals surface area (Å²) in [7, 11) is 0. The van der Waals surface area contributed by atoms with Crippen LogP contribution in [0.2, 0.25) is 0 Å². The summed E-state index contributed by atoms with van der Waals surface area (Å²) in [5.41, 5.74) is 1.46. The number of rotatable bonds is 17. The van der Waals surface area contributed by atoms with Gasteiger partial charge in [-0.1, -0.05) is 77.1 Å². The molecule has 0 aliphatic heterocycles. The van der Waals surface area contributed by atoms with Crippen molar-refractivity contribution < 1.29 is 39.0 Å². The van der Waals surface area contributed by atoms with E-state index < -0.39 is 53.8 Å². The fraction of sp³-hybridized carbons (Fsp3) is 0.429. The Balaban J connectivity index is 1.95. The molecule has 2 aromatic carbocycles. The molecule has 3 atom stereocenters. The van der Waals surface area contributed by atoms with Gasteiger partial charge < -0.3 is 36.8 Å². The van der Waals surface area contributed by atoms with Crippen LogP contribution in [0.15, 0.2) is 66.7 Å². The molecular formula is C35H47N5O8. The summed E-state index contributed by atoms with van der Waals surface area (Å²) < 4.78 is 0. The number of hydrogen-bond acceptors (Lipinski definition) is 6. The Kier molecular flexibility index (Phi) is 15.3. The maximum absolute atomic E-state index is 13.1. The van der Waals surface area contributed by atoms with Crippen LogP contribution in [-0.2, 0) is 30.4 Å². The lowest BCUT2D eigenvalue weighted by Gasteiger charge is -2.22. The van der Waals surface area contributed by atoms with Crippen LogP contribution in [0, 0.1) is 11.3 Å². The van der Waals surface area contributed by atoms with Crippen molar-refractivity contribution in [1.82, 2.24) is 16.0 Å². The number of carbonyl (C=O) groups excluding carboxylic acids is 4. The molecule has 48 heavy (non-hydrogen) atoms. The molecule has 7 N–H and O–H groups in total. The van der Waals surface area contributed by atoms with Gasteiger partial charge >= 0.3 is 18.0 Å². The van der Waals surface area contributed by atoms with E-state index >= 15 is 0 Å². The zero-order chi connectivity index (χ0) is 35.9. The first-order chi connectivity index (χ1) is 22.5. The van der Waals surface area contributed by atoms with Crippen molar-refractivity contribution in [2.75, 3.05) is 10.6 Å². The first-order valence-corrected chi connectivity index (χ1v) is 15.7. The van der Waals surface area contributed by atoms with E-state index in [1.165, 1.54) is 12.2 Å². The molecule has 0 aliphatic carbocycles. The molecule has 0 bridgehead atoms. The van der Waals surface area contributed by atoms with Gasteiger partial charge in [0.1, 0.15) is 18.1 Å². The molecule has 3 unspecified atom stereocenters. The summed E-state index contributed by atoms with van der Waals surface area (Å²) in [4.78, 5) is 74.0. The quantitative estimate of drug-likeness (QED) is 0.121. The van der Waals surface area contributed by atoms with Crippen LogP contribution >= 0.6 is 0 Å². The molecule has 0 aliphatic rings. The van der Waals surface area contributed by atoms with Gasteiger partial charge in [0.05, 0.1) is 6.42 Å². The highest BCUT2D eigenvalue weighted by Gasteiger charge is 2.27. The van der Waals surface area contributed by atoms with E-state index in [0.717, 1.165) is 0 Å². The van der Waals surface area contributed by atoms with E-state index in [2.05, 4.69) is 26.6 Å². The highest BCUT2D eigenvalue weighted by atomic mass is 16.4. The third-order valence-electron chi connectivity index (χ3n) is 6.82. The molecule has 0 saturated heterocycles. The van der Waals surface area contributed by atoms with Crippen molar-refractivity contribution >= 4 is 47.1 Å². The van der Waals surface area contributed by atoms with Crippen molar-refractivity contribution in [2.45, 2.75) is 84.8 Å². The highest BCUT2D eigenvalue weighted by Crippen LogP contribution is 2.18. The van der Waals surface area contributed by atoms with Gasteiger partial charge in [-0.25, -0.2) is 14.4 Å². The van der Waals surface area contributed by atoms with Crippen molar-refractivity contribution in [2.24, 2.45) is 11.3 Å². The van der Waals surface area contributed by atoms with Crippen molar-refractivity contribution in [3.8, 4) is 0 Å². The number of amides is 5. The number of carboxylic acids is 2. The summed E-state index contributed by atoms with van der Waals surface area (Å²) in [6.07, 6.45) is 3.01. The topological polar surface area (TPSA) is 203 Å². The van der Waals surface area contributed by atoms with Crippen LogP contribution in [0.3, 0.4) is 0 Å². The van der Waals surface area contributed by atoms with Gasteiger partial charge in [0, 0.05) is 17.8 Å². The molecule has 260 valence electrons. The number of para-hydroxylation sites is 1. The molecule has 5 amide bonds. The minimum absolute atomic E-state index is 0.00180. The number of carboxylic acid groups (broad SMARTS) is 2. The zero-order valence-electron chi connectivity index (χ0n) is 28.0. The number of hydrogen-bond donors (Lipinski definition) is 7. The predicted octanol–water partition coefficient (Wildman–Crippen LogP) is 4.32. The maximum Gasteiger partial charge on any atom is 0.326 e. The van der Waals surface area contributed by atoms with E-state index in [1.54, 1.807) is 48.5 Å². The number of benzene rings is 2. The van der Waals surface area contributed by atoms with Crippen molar-refractivity contribution in [3.05, 3.63) is 72.3 Å². The highest BCUT2D eigenvalue weighted by molar-refractivity contribution is 5.99. The predicted molar refractivity (Wildman–Crippen MR) is 182 cm³/mol. The average molecular weight is 666 g/mol. The number of aliphatic carboxylic acids is 2. The molecule has 0 heterocycles. The first kappa shape index (κ1) is 39.0. The summed E-state index contributed by atoms with van der Waals surface area (Å²) in [6.45, 7) is 9.29. The van der Waals surface area contributed by atoms with Gasteiger partial charge in [0.15, 0.2) is 0 Å². The number of urea groups is 1. The largest absolute Gasteiger partial charge is 0.480 e. The maximum atomic E-state index is 13.1. The number of nitrogens with one attached hydrogen (secondary N) is 5. The summed E-state index contributed by atoms with van der Waals surface area (Å²) >= 11 is 0. The van der Waals surface area contributed by atoms with E-state index in [9.17, 15) is 39.0 Å². The Hall–Kier alpha value is -5.20. The molecule has 0 spiro atoms. The van der Waals surface area contributed by atoms with Crippen LogP contribution in [0.5, 0.6) is 0 Å². The van der Waals surface area contributed by atoms with Gasteiger partial charge in [-0.05, 0) is 60.4 Å². The van der Waals surface area contributed by atoms with Gasteiger partial charge in [-0.2, -0.15) is 0 Å². The van der Waals surface area contributed by atoms with E-state index in [4.69, 9.17) is 0 Å². The van der Waals surface area contributed by atoms with Crippen LogP contribution in [0.1, 0.15) is 65.9 Å². The lowest BCUT2D eigenvalue weighted by atomic mass is 9.92. The second kappa shape index (κ2) is 18.8. The fourth-order valence-corrected chi connectivity index (χ4v) is 4.56. The Morgan fingerprint density at radius 3 is 1.69 bits per heavy atom. The zero-order valence-corrected chi connectivity index (χ0v) is 28.0. The molecule has 13 heteroatoms. The monoisotopic (exact) mass is 665 g/mol. The first-order valence-electron chi connectivity index (χ1n) is 15.7. The van der Waals surface area contributed by atoms with E-state index in [-0.39, 0.29) is 43.4 Å². The second-order valence-electron chi connectivity index (χ2n) is 13.1. The number of carbonyl (C=O) groups is 6. The van der Waals surface area contributed by atoms with Gasteiger partial charge in [0.2, 0.25) is 17.7 Å². The summed E-state index contributed by atoms with van der Waals surface area (Å²) in [6, 6.07) is 11.6. The molecule has 2 aromatic rings. The Bertz CT molecular complexity index is 1440. The molecule has 2 rings (SSSR count). The molecule has 0 radical (unpaired) electrons. The normalized spacial score (nSPS) is 13.2. The Labute approximate surface area is 280 Å². The molecular weight excluding hydrogens is 618 g/mol. The minimum Gasteiger partial charge on any atom is -0.480 e. The number of anilines is 2. The second-order valence-corrected chi connectivity index (χ2v) is 13.1. The van der Waals surface area contributed by atoms with Gasteiger partial charge in [-0.15, -0.1) is 0 Å². The third kappa shape index (κ3) is 15.4. The molecule has 0 aromatic heterocycles. The fourth-order valence-electron chi connectivity index (χ4n) is 4.56. The van der Waals surface area contributed by atoms with Crippen LogP contribution in [-0.4, -0.2) is 64.0 Å². The van der Waals surface area contributed by atoms with Gasteiger partial charge in [0.25, 0.3) is 0 Å². The molecule has 0 fully saturated rings. The molecule has 13 nitrogen and oxygen atoms in total. The standard InChI is InChI=1S/C35H47N5O8/c1-22(2)19-28(39-29(41)20-23-15-17-25(18-16-23)37-34(48)36-24-11-7-6-8-12-24)31(43)40-27(33(46)47)14-10-9-13-26(32(44)45)38-30(42)21-35(3,4)5/h6-12,15-18,22,26-28H,13-14,19-21H2,1-5H3,(H,38,42)(H,39,41)(H,40,43)(H,44,45)(H,46,47)(H2,36,37,48)/b10-9+. The van der Waals surface area contributed by atoms with Gasteiger partial charge in [-0.3, -0.25) is 14.4 Å². The SMILES string of the molecule is CC(C)CC(NC(=O)Cc1ccc(NC(=O)Nc2ccccc2)cc1)C(=O)NC(C/C=C/CC(NC(=O)CC(C)(C)C)C(=O)O)C(=O)O. The van der Waals surface area contributed by atoms with E-state index in [0.29, 0.717) is 16.9 Å². The third-order valence-corrected chi connectivity index (χ3v) is 6.82. The minimum atomic E-state index is -1.33. The average Bonchev–Trinajstić information content (AvgIpc) is 2.97. The van der Waals surface area contributed by atoms with Crippen LogP contribution in [0.25, 0.3) is 0 Å². The van der Waals surface area contributed by atoms with Crippen molar-refractivity contribution in [1.29, 1.82) is 0 Å². The van der Waals surface area contributed by atoms with Crippen LogP contribution < -0.4 is 26.6 Å². The Morgan fingerprint density at radius 2 is 1.19 bits per heavy atom. The Morgan fingerprint density at radius 1 is 0.688 bits per heavy atom. The molecule has 0 saturated carbocycles. The smallest absolute Gasteiger partial charge is 0.326 e. The summed E-state index contributed by atoms with van der Waals surface area (Å²) in [5, 5.41) is 32.2. The lowest BCUT2D eigenvalue weighted by Crippen LogP contribution is -2.52. The van der Waals surface area contributed by atoms with Crippen LogP contribution in [0.4, 0.5) is 16.2 Å². The summed E-state index contributed by atoms with van der Waals surface area (Å²) in [5.74, 6) is -4.05. The lowest BCUT2D eigenvalue weighted by molar-refractivity contribution is -0.142. The van der Waals surface area contributed by atoms with E-state index in [1.807, 2.05) is 40.7 Å².